The van der Waals surface area contributed by atoms with Crippen molar-refractivity contribution in [2.24, 2.45) is 5.41 Å². The van der Waals surface area contributed by atoms with E-state index in [4.69, 9.17) is 16.4 Å². The van der Waals surface area contributed by atoms with Crippen molar-refractivity contribution in [3.63, 3.8) is 0 Å². The number of amides is 2. The second-order valence-electron chi connectivity index (χ2n) is 7.85. The molecule has 2 amide bonds. The van der Waals surface area contributed by atoms with Gasteiger partial charge in [-0.3, -0.25) is 14.4 Å². The van der Waals surface area contributed by atoms with E-state index in [9.17, 15) is 14.7 Å². The zero-order valence-corrected chi connectivity index (χ0v) is 17.4. The molecule has 0 aromatic heterocycles. The first-order valence-corrected chi connectivity index (χ1v) is 10.2. The highest BCUT2D eigenvalue weighted by Crippen LogP contribution is 2.56. The molecule has 3 aromatic rings. The van der Waals surface area contributed by atoms with Gasteiger partial charge >= 0.3 is 0 Å². The maximum absolute atomic E-state index is 13.8. The maximum Gasteiger partial charge on any atom is 0.266 e. The molecule has 0 unspecified atom stereocenters. The largest absolute Gasteiger partial charge is 0.508 e. The molecule has 3 atom stereocenters. The molecule has 2 aliphatic heterocycles. The number of hydrogen-bond donors (Lipinski definition) is 1. The minimum atomic E-state index is -1.26. The molecule has 3 aromatic carbocycles. The van der Waals surface area contributed by atoms with Crippen LogP contribution in [0, 0.1) is 5.41 Å². The zero-order chi connectivity index (χ0) is 21.8. The summed E-state index contributed by atoms with van der Waals surface area (Å²) in [5, 5.41) is 12.7. The molecule has 2 heterocycles. The van der Waals surface area contributed by atoms with E-state index >= 15 is 0 Å². The van der Waals surface area contributed by atoms with Gasteiger partial charge in [-0.25, -0.2) is 9.96 Å². The minimum Gasteiger partial charge on any atom is -0.508 e. The van der Waals surface area contributed by atoms with Gasteiger partial charge < -0.3 is 5.11 Å². The molecule has 156 valence electrons. The number of carbonyl (C=O) groups excluding carboxylic acids is 2. The first kappa shape index (κ1) is 19.6. The number of para-hydroxylation sites is 2. The lowest BCUT2D eigenvalue weighted by atomic mass is 9.76. The van der Waals surface area contributed by atoms with E-state index in [-0.39, 0.29) is 5.75 Å². The lowest BCUT2D eigenvalue weighted by Crippen LogP contribution is -2.41. The summed E-state index contributed by atoms with van der Waals surface area (Å²) >= 11 is 5.97. The average Bonchev–Trinajstić information content (AvgIpc) is 3.19. The van der Waals surface area contributed by atoms with Gasteiger partial charge in [-0.15, -0.1) is 0 Å². The number of hydrogen-bond acceptors (Lipinski definition) is 5. The third-order valence-corrected chi connectivity index (χ3v) is 6.25. The number of halogens is 1. The second kappa shape index (κ2) is 7.11. The van der Waals surface area contributed by atoms with Crippen LogP contribution < -0.4 is 9.96 Å². The highest BCUT2D eigenvalue weighted by Gasteiger charge is 2.69. The molecule has 7 heteroatoms. The Bertz CT molecular complexity index is 1170. The van der Waals surface area contributed by atoms with Gasteiger partial charge in [-0.1, -0.05) is 48.0 Å². The van der Waals surface area contributed by atoms with Crippen molar-refractivity contribution >= 4 is 34.8 Å². The molecular formula is C24H19ClN2O4. The fourth-order valence-electron chi connectivity index (χ4n) is 4.45. The molecule has 2 aliphatic rings. The number of phenolic OH excluding ortho intramolecular Hbond substituents is 1. The standard InChI is InChI=1S/C24H19ClN2O4/c1-24-20(18-9-5-6-10-19(18)28)27(17-7-3-2-4-8-17)31-21(24)22(29)26(23(24)30)16-13-11-15(25)12-14-16/h2-14,20-21,28H,1H3/t20-,21+,24+/m0/s1. The van der Waals surface area contributed by atoms with Crippen LogP contribution >= 0.6 is 11.6 Å². The summed E-state index contributed by atoms with van der Waals surface area (Å²) in [6.45, 7) is 1.72. The van der Waals surface area contributed by atoms with Crippen LogP contribution in [0.3, 0.4) is 0 Å². The van der Waals surface area contributed by atoms with Crippen molar-refractivity contribution in [2.75, 3.05) is 9.96 Å². The highest BCUT2D eigenvalue weighted by molar-refractivity contribution is 6.31. The van der Waals surface area contributed by atoms with Crippen molar-refractivity contribution in [1.82, 2.24) is 0 Å². The second-order valence-corrected chi connectivity index (χ2v) is 8.28. The summed E-state index contributed by atoms with van der Waals surface area (Å²) in [5.74, 6) is -0.811. The number of fused-ring (bicyclic) bond motifs is 1. The molecule has 2 saturated heterocycles. The van der Waals surface area contributed by atoms with Gasteiger partial charge in [0, 0.05) is 10.6 Å². The van der Waals surface area contributed by atoms with E-state index in [2.05, 4.69) is 0 Å². The Morgan fingerprint density at radius 3 is 2.23 bits per heavy atom. The van der Waals surface area contributed by atoms with Gasteiger partial charge in [-0.2, -0.15) is 0 Å². The van der Waals surface area contributed by atoms with Crippen LogP contribution in [0.5, 0.6) is 5.75 Å². The average molecular weight is 435 g/mol. The Hall–Kier alpha value is -3.35. The summed E-state index contributed by atoms with van der Waals surface area (Å²) in [7, 11) is 0. The number of benzene rings is 3. The lowest BCUT2D eigenvalue weighted by Gasteiger charge is -2.33. The first-order valence-electron chi connectivity index (χ1n) is 9.86. The van der Waals surface area contributed by atoms with Crippen LogP contribution in [0.2, 0.25) is 5.02 Å². The third-order valence-electron chi connectivity index (χ3n) is 6.00. The Balaban J connectivity index is 1.66. The number of aromatic hydroxyl groups is 1. The molecule has 1 N–H and O–H groups in total. The van der Waals surface area contributed by atoms with Crippen molar-refractivity contribution in [3.05, 3.63) is 89.4 Å². The Kier molecular flexibility index (Phi) is 4.50. The van der Waals surface area contributed by atoms with Gasteiger partial charge in [0.1, 0.15) is 17.2 Å². The zero-order valence-electron chi connectivity index (χ0n) is 16.6. The van der Waals surface area contributed by atoms with Gasteiger partial charge in [0.25, 0.3) is 5.91 Å². The number of rotatable bonds is 3. The Morgan fingerprint density at radius 1 is 0.903 bits per heavy atom. The summed E-state index contributed by atoms with van der Waals surface area (Å²) in [6.07, 6.45) is -1.04. The Morgan fingerprint density at radius 2 is 1.55 bits per heavy atom. The van der Waals surface area contributed by atoms with E-state index < -0.39 is 29.4 Å². The van der Waals surface area contributed by atoms with Crippen molar-refractivity contribution in [3.8, 4) is 5.75 Å². The third kappa shape index (κ3) is 2.83. The highest BCUT2D eigenvalue weighted by atomic mass is 35.5. The maximum atomic E-state index is 13.8. The molecule has 6 nitrogen and oxygen atoms in total. The number of nitrogens with zero attached hydrogens (tertiary/aromatic N) is 2. The summed E-state index contributed by atoms with van der Waals surface area (Å²) < 4.78 is 0. The predicted octanol–water partition coefficient (Wildman–Crippen LogP) is 4.49. The topological polar surface area (TPSA) is 70.1 Å². The monoisotopic (exact) mass is 434 g/mol. The van der Waals surface area contributed by atoms with Gasteiger partial charge in [0.05, 0.1) is 11.4 Å². The van der Waals surface area contributed by atoms with E-state index in [1.807, 2.05) is 30.3 Å². The number of phenols is 1. The van der Waals surface area contributed by atoms with Crippen LogP contribution in [-0.2, 0) is 14.4 Å². The van der Waals surface area contributed by atoms with E-state index in [0.29, 0.717) is 22.0 Å². The molecule has 0 spiro atoms. The van der Waals surface area contributed by atoms with Crippen LogP contribution in [0.4, 0.5) is 11.4 Å². The molecule has 31 heavy (non-hydrogen) atoms. The SMILES string of the molecule is C[C@]12C(=O)N(c3ccc(Cl)cc3)C(=O)[C@H]1ON(c1ccccc1)[C@H]2c1ccccc1O. The summed E-state index contributed by atoms with van der Waals surface area (Å²) in [4.78, 5) is 34.4. The summed E-state index contributed by atoms with van der Waals surface area (Å²) in [5.41, 5.74) is 0.368. The molecule has 0 bridgehead atoms. The molecule has 2 fully saturated rings. The lowest BCUT2D eigenvalue weighted by molar-refractivity contribution is -0.128. The number of hydroxylamine groups is 1. The normalized spacial score (nSPS) is 25.2. The predicted molar refractivity (Wildman–Crippen MR) is 117 cm³/mol. The number of anilines is 2. The van der Waals surface area contributed by atoms with Crippen LogP contribution in [0.1, 0.15) is 18.5 Å². The van der Waals surface area contributed by atoms with E-state index in [1.54, 1.807) is 60.5 Å². The van der Waals surface area contributed by atoms with E-state index in [1.165, 1.54) is 0 Å². The minimum absolute atomic E-state index is 0.0316. The fraction of sp³-hybridized carbons (Fsp3) is 0.167. The van der Waals surface area contributed by atoms with Crippen molar-refractivity contribution in [2.45, 2.75) is 19.1 Å². The first-order chi connectivity index (χ1) is 14.9. The molecule has 0 saturated carbocycles. The van der Waals surface area contributed by atoms with Gasteiger partial charge in [0.2, 0.25) is 5.91 Å². The van der Waals surface area contributed by atoms with Crippen LogP contribution in [-0.4, -0.2) is 23.0 Å². The van der Waals surface area contributed by atoms with Gasteiger partial charge in [0.15, 0.2) is 6.10 Å². The van der Waals surface area contributed by atoms with Crippen LogP contribution in [0.15, 0.2) is 78.9 Å². The number of imide groups is 1. The number of carbonyl (C=O) groups is 2. The molecular weight excluding hydrogens is 416 g/mol. The van der Waals surface area contributed by atoms with Gasteiger partial charge in [-0.05, 0) is 49.4 Å². The van der Waals surface area contributed by atoms with Crippen molar-refractivity contribution < 1.29 is 19.5 Å². The molecule has 0 aliphatic carbocycles. The summed E-state index contributed by atoms with van der Waals surface area (Å²) in [6, 6.07) is 21.9. The Labute approximate surface area is 184 Å². The van der Waals surface area contributed by atoms with E-state index in [0.717, 1.165) is 4.90 Å². The smallest absolute Gasteiger partial charge is 0.266 e. The molecule has 0 radical (unpaired) electrons. The molecule has 5 rings (SSSR count). The van der Waals surface area contributed by atoms with Crippen molar-refractivity contribution in [1.29, 1.82) is 0 Å². The fourth-order valence-corrected chi connectivity index (χ4v) is 4.57. The quantitative estimate of drug-likeness (QED) is 0.615. The van der Waals surface area contributed by atoms with Crippen LogP contribution in [0.25, 0.3) is 0 Å².